The minimum atomic E-state index is -2.08. The number of aromatic nitrogens is 3. The quantitative estimate of drug-likeness (QED) is 0.102. The lowest BCUT2D eigenvalue weighted by molar-refractivity contribution is -0.385. The minimum Gasteiger partial charge on any atom is -0.441 e. The lowest BCUT2D eigenvalue weighted by Gasteiger charge is -2.39. The molecule has 0 radical (unpaired) electrons. The van der Waals surface area contributed by atoms with Gasteiger partial charge in [0.25, 0.3) is 11.6 Å². The highest BCUT2D eigenvalue weighted by Crippen LogP contribution is 2.47. The fourth-order valence-corrected chi connectivity index (χ4v) is 5.50. The monoisotopic (exact) mass is 604 g/mol. The van der Waals surface area contributed by atoms with Gasteiger partial charge < -0.3 is 19.8 Å². The maximum Gasteiger partial charge on any atom is 0.304 e. The first-order valence-corrected chi connectivity index (χ1v) is 14.1. The maximum absolute atomic E-state index is 13.9. The number of anilines is 2. The summed E-state index contributed by atoms with van der Waals surface area (Å²) in [6, 6.07) is 10.8. The Morgan fingerprint density at radius 3 is 2.77 bits per heavy atom. The van der Waals surface area contributed by atoms with Crippen LogP contribution >= 0.6 is 0 Å². The van der Waals surface area contributed by atoms with Crippen LogP contribution in [0.4, 0.5) is 17.1 Å². The van der Waals surface area contributed by atoms with Crippen LogP contribution in [0.2, 0.25) is 0 Å². The van der Waals surface area contributed by atoms with Gasteiger partial charge in [0.1, 0.15) is 0 Å². The van der Waals surface area contributed by atoms with Crippen molar-refractivity contribution in [2.45, 2.75) is 58.0 Å². The van der Waals surface area contributed by atoms with Crippen LogP contribution in [0.15, 0.2) is 60.8 Å². The van der Waals surface area contributed by atoms with Crippen LogP contribution in [0.3, 0.4) is 0 Å². The molecular weight excluding hydrogens is 572 g/mol. The molecular formula is C30H32N6O8. The Kier molecular flexibility index (Phi) is 8.56. The molecule has 3 aromatic rings. The first-order chi connectivity index (χ1) is 21.0. The zero-order chi connectivity index (χ0) is 31.6. The first kappa shape index (κ1) is 30.5. The Balaban J connectivity index is 1.38. The van der Waals surface area contributed by atoms with Crippen molar-refractivity contribution in [3.63, 3.8) is 0 Å². The summed E-state index contributed by atoms with van der Waals surface area (Å²) in [5.41, 5.74) is -0.0863. The largest absolute Gasteiger partial charge is 0.441 e. The fraction of sp³-hybridized carbons (Fsp3) is 0.367. The van der Waals surface area contributed by atoms with Crippen LogP contribution in [0, 0.1) is 16.0 Å². The smallest absolute Gasteiger partial charge is 0.304 e. The maximum atomic E-state index is 13.9. The van der Waals surface area contributed by atoms with Gasteiger partial charge in [-0.3, -0.25) is 34.1 Å². The van der Waals surface area contributed by atoms with Crippen LogP contribution in [-0.4, -0.2) is 60.7 Å². The number of hydrogen-bond donors (Lipinski definition) is 2. The van der Waals surface area contributed by atoms with E-state index in [0.29, 0.717) is 42.0 Å². The summed E-state index contributed by atoms with van der Waals surface area (Å²) in [5, 5.41) is 40.6. The van der Waals surface area contributed by atoms with Gasteiger partial charge in [-0.15, -0.1) is 5.10 Å². The van der Waals surface area contributed by atoms with Gasteiger partial charge in [-0.2, -0.15) is 0 Å². The number of esters is 1. The molecule has 1 fully saturated rings. The van der Waals surface area contributed by atoms with E-state index in [1.54, 1.807) is 54.2 Å². The standard InChI is InChI=1S/C30H32N6O8/c1-19(6-3-4-12-33-18-22(11-13-37)31-32-33)30(41)25-15-24(36(42)43)9-10-26(25)34(29(30)40)17-21-7-5-8-23(14-21)35-27(39)16-28(35)44-20(2)38/h3,5-10,14-15,18-19,28,37,41H,4,11-13,16-17H2,1-2H3/b6-3+/t19-,28?,30+/m1/s1. The van der Waals surface area contributed by atoms with Gasteiger partial charge in [-0.1, -0.05) is 36.4 Å². The third-order valence-corrected chi connectivity index (χ3v) is 7.76. The van der Waals surface area contributed by atoms with Gasteiger partial charge in [0.05, 0.1) is 29.3 Å². The zero-order valence-corrected chi connectivity index (χ0v) is 24.2. The van der Waals surface area contributed by atoms with E-state index in [-0.39, 0.29) is 36.7 Å². The summed E-state index contributed by atoms with van der Waals surface area (Å²) in [6.45, 7) is 3.40. The van der Waals surface area contributed by atoms with Gasteiger partial charge in [-0.25, -0.2) is 0 Å². The van der Waals surface area contributed by atoms with E-state index in [4.69, 9.17) is 9.84 Å². The molecule has 0 spiro atoms. The van der Waals surface area contributed by atoms with Gasteiger partial charge in [0.2, 0.25) is 5.91 Å². The summed E-state index contributed by atoms with van der Waals surface area (Å²) in [7, 11) is 0. The second kappa shape index (κ2) is 12.3. The van der Waals surface area contributed by atoms with Crippen molar-refractivity contribution in [3.05, 3.63) is 87.7 Å². The first-order valence-electron chi connectivity index (χ1n) is 14.1. The molecule has 1 aromatic heterocycles. The number of amides is 2. The molecule has 2 amide bonds. The zero-order valence-electron chi connectivity index (χ0n) is 24.2. The van der Waals surface area contributed by atoms with Gasteiger partial charge >= 0.3 is 5.97 Å². The molecule has 2 aromatic carbocycles. The SMILES string of the molecule is CC(=O)OC1CC(=O)N1c1cccc(CN2C(=O)[C@](O)([C@H](C)/C=C/CCn3cc(CCO)nn3)c3cc([N+](=O)[O-])ccc32)c1. The number of carbonyl (C=O) groups is 3. The van der Waals surface area contributed by atoms with Gasteiger partial charge in [-0.05, 0) is 30.2 Å². The van der Waals surface area contributed by atoms with Gasteiger partial charge in [0, 0.05) is 62.0 Å². The number of nitro groups is 1. The molecule has 2 aliphatic heterocycles. The molecule has 1 saturated heterocycles. The number of rotatable bonds is 12. The molecule has 2 aliphatic rings. The van der Waals surface area contributed by atoms with Crippen LogP contribution in [0.5, 0.6) is 0 Å². The number of aliphatic hydroxyl groups excluding tert-OH is 1. The fourth-order valence-electron chi connectivity index (χ4n) is 5.50. The molecule has 3 atom stereocenters. The van der Waals surface area contributed by atoms with Crippen LogP contribution < -0.4 is 9.80 Å². The Bertz CT molecular complexity index is 1640. The molecule has 3 heterocycles. The Morgan fingerprint density at radius 2 is 2.07 bits per heavy atom. The third kappa shape index (κ3) is 5.81. The number of β-lactam (4-membered cyclic amide) rings is 1. The number of carbonyl (C=O) groups excluding carboxylic acids is 3. The second-order valence-corrected chi connectivity index (χ2v) is 10.8. The molecule has 230 valence electrons. The molecule has 44 heavy (non-hydrogen) atoms. The van der Waals surface area contributed by atoms with Gasteiger partial charge in [0.15, 0.2) is 11.8 Å². The van der Waals surface area contributed by atoms with Crippen molar-refractivity contribution in [1.82, 2.24) is 15.0 Å². The van der Waals surface area contributed by atoms with Crippen molar-refractivity contribution in [1.29, 1.82) is 0 Å². The summed E-state index contributed by atoms with van der Waals surface area (Å²) in [6.07, 6.45) is 5.50. The van der Waals surface area contributed by atoms with E-state index in [1.807, 2.05) is 0 Å². The summed E-state index contributed by atoms with van der Waals surface area (Å²) < 4.78 is 6.84. The topological polar surface area (TPSA) is 181 Å². The molecule has 0 bridgehead atoms. The van der Waals surface area contributed by atoms with Crippen molar-refractivity contribution < 1.29 is 34.3 Å². The number of nitro benzene ring substituents is 1. The molecule has 2 N–H and O–H groups in total. The van der Waals surface area contributed by atoms with Crippen LogP contribution in [0.1, 0.15) is 43.5 Å². The molecule has 0 saturated carbocycles. The molecule has 14 heteroatoms. The number of aliphatic hydroxyl groups is 2. The predicted octanol–water partition coefficient (Wildman–Crippen LogP) is 2.36. The Hall–Kier alpha value is -4.95. The highest BCUT2D eigenvalue weighted by Gasteiger charge is 2.53. The third-order valence-electron chi connectivity index (χ3n) is 7.76. The van der Waals surface area contributed by atoms with Crippen molar-refractivity contribution in [3.8, 4) is 0 Å². The molecule has 5 rings (SSSR count). The number of benzene rings is 2. The number of allylic oxidation sites excluding steroid dienone is 1. The van der Waals surface area contributed by atoms with E-state index in [9.17, 15) is 29.6 Å². The summed E-state index contributed by atoms with van der Waals surface area (Å²) >= 11 is 0. The van der Waals surface area contributed by atoms with E-state index in [1.165, 1.54) is 34.9 Å². The predicted molar refractivity (Wildman–Crippen MR) is 156 cm³/mol. The highest BCUT2D eigenvalue weighted by atomic mass is 16.6. The van der Waals surface area contributed by atoms with Crippen molar-refractivity contribution >= 4 is 34.8 Å². The minimum absolute atomic E-state index is 0.0129. The normalized spacial score (nSPS) is 20.1. The number of nitrogens with zero attached hydrogens (tertiary/aromatic N) is 6. The van der Waals surface area contributed by atoms with E-state index in [2.05, 4.69) is 10.3 Å². The van der Waals surface area contributed by atoms with E-state index in [0.717, 1.165) is 0 Å². The lowest BCUT2D eigenvalue weighted by atomic mass is 9.82. The van der Waals surface area contributed by atoms with E-state index < -0.39 is 34.5 Å². The van der Waals surface area contributed by atoms with E-state index >= 15 is 0 Å². The average Bonchev–Trinajstić information content (AvgIpc) is 3.51. The van der Waals surface area contributed by atoms with Crippen molar-refractivity contribution in [2.75, 3.05) is 16.4 Å². The summed E-state index contributed by atoms with van der Waals surface area (Å²) in [5.74, 6) is -2.12. The molecule has 1 unspecified atom stereocenters. The molecule has 14 nitrogen and oxygen atoms in total. The number of non-ortho nitro benzene ring substituents is 1. The average molecular weight is 605 g/mol. The number of ether oxygens (including phenoxy) is 1. The number of hydrogen-bond acceptors (Lipinski definition) is 10. The summed E-state index contributed by atoms with van der Waals surface area (Å²) in [4.78, 5) is 51.5. The van der Waals surface area contributed by atoms with Crippen LogP contribution in [-0.2, 0) is 44.2 Å². The number of aryl methyl sites for hydroxylation is 1. The highest BCUT2D eigenvalue weighted by molar-refractivity contribution is 6.07. The Labute approximate surface area is 252 Å². The molecule has 0 aliphatic carbocycles. The van der Waals surface area contributed by atoms with Crippen LogP contribution in [0.25, 0.3) is 0 Å². The second-order valence-electron chi connectivity index (χ2n) is 10.8. The lowest BCUT2D eigenvalue weighted by Crippen LogP contribution is -2.54. The van der Waals surface area contributed by atoms with Crippen molar-refractivity contribution in [2.24, 2.45) is 5.92 Å². The Morgan fingerprint density at radius 1 is 1.27 bits per heavy atom. The number of fused-ring (bicyclic) bond motifs is 1.